The largest absolute Gasteiger partial charge is 0.379 e. The van der Waals surface area contributed by atoms with Gasteiger partial charge in [0.15, 0.2) is 0 Å². The van der Waals surface area contributed by atoms with E-state index in [1.807, 2.05) is 6.07 Å². The molecule has 0 N–H and O–H groups in total. The lowest BCUT2D eigenvalue weighted by atomic mass is 9.72. The van der Waals surface area contributed by atoms with Crippen molar-refractivity contribution >= 4 is 0 Å². The molecule has 0 saturated heterocycles. The van der Waals surface area contributed by atoms with E-state index in [-0.39, 0.29) is 5.60 Å². The Morgan fingerprint density at radius 1 is 1.50 bits per heavy atom. The monoisotopic (exact) mass is 246 g/mol. The standard InChI is InChI=1S/C15H22N2O/c1-11(2)14-6-5-13(9-16)17(14)10-12-7-15(3,8-12)18-4/h5-6,11-12H,7-8,10H2,1-4H3. The lowest BCUT2D eigenvalue weighted by molar-refractivity contribution is -0.0941. The first kappa shape index (κ1) is 13.2. The molecule has 1 saturated carbocycles. The van der Waals surface area contributed by atoms with E-state index in [0.717, 1.165) is 25.1 Å². The number of nitrogens with zero attached hydrogens (tertiary/aromatic N) is 2. The van der Waals surface area contributed by atoms with Gasteiger partial charge in [0, 0.05) is 19.3 Å². The highest BCUT2D eigenvalue weighted by atomic mass is 16.5. The van der Waals surface area contributed by atoms with E-state index in [1.165, 1.54) is 5.69 Å². The molecule has 0 aliphatic heterocycles. The van der Waals surface area contributed by atoms with E-state index in [1.54, 1.807) is 7.11 Å². The van der Waals surface area contributed by atoms with E-state index in [2.05, 4.69) is 37.5 Å². The van der Waals surface area contributed by atoms with Gasteiger partial charge in [-0.1, -0.05) is 13.8 Å². The summed E-state index contributed by atoms with van der Waals surface area (Å²) in [6, 6.07) is 6.31. The zero-order valence-corrected chi connectivity index (χ0v) is 11.7. The maximum atomic E-state index is 9.17. The van der Waals surface area contributed by atoms with Crippen molar-refractivity contribution in [2.24, 2.45) is 5.92 Å². The maximum Gasteiger partial charge on any atom is 0.120 e. The molecule has 0 atom stereocenters. The van der Waals surface area contributed by atoms with Gasteiger partial charge in [0.2, 0.25) is 0 Å². The van der Waals surface area contributed by atoms with Crippen molar-refractivity contribution in [3.63, 3.8) is 0 Å². The van der Waals surface area contributed by atoms with E-state index >= 15 is 0 Å². The highest BCUT2D eigenvalue weighted by molar-refractivity contribution is 5.28. The van der Waals surface area contributed by atoms with Crippen LogP contribution in [-0.2, 0) is 11.3 Å². The third kappa shape index (κ3) is 2.30. The number of aromatic nitrogens is 1. The van der Waals surface area contributed by atoms with Gasteiger partial charge >= 0.3 is 0 Å². The number of hydrogen-bond donors (Lipinski definition) is 0. The molecule has 1 aromatic rings. The normalized spacial score (nSPS) is 27.0. The van der Waals surface area contributed by atoms with E-state index in [9.17, 15) is 5.26 Å². The lowest BCUT2D eigenvalue weighted by Gasteiger charge is -2.44. The van der Waals surface area contributed by atoms with Crippen LogP contribution in [0.2, 0.25) is 0 Å². The molecule has 98 valence electrons. The quantitative estimate of drug-likeness (QED) is 0.817. The highest BCUT2D eigenvalue weighted by Crippen LogP contribution is 2.41. The SMILES string of the molecule is COC1(C)CC(Cn2c(C#N)ccc2C(C)C)C1. The number of nitriles is 1. The van der Waals surface area contributed by atoms with E-state index < -0.39 is 0 Å². The zero-order chi connectivity index (χ0) is 13.3. The Hall–Kier alpha value is -1.27. The molecule has 1 fully saturated rings. The van der Waals surface area contributed by atoms with Crippen LogP contribution in [0.25, 0.3) is 0 Å². The second-order valence-corrected chi connectivity index (χ2v) is 5.95. The molecule has 3 heteroatoms. The minimum Gasteiger partial charge on any atom is -0.379 e. The predicted octanol–water partition coefficient (Wildman–Crippen LogP) is 3.30. The third-order valence-electron chi connectivity index (χ3n) is 4.10. The van der Waals surface area contributed by atoms with Crippen molar-refractivity contribution in [3.8, 4) is 6.07 Å². The van der Waals surface area contributed by atoms with Crippen molar-refractivity contribution in [2.75, 3.05) is 7.11 Å². The van der Waals surface area contributed by atoms with E-state index in [0.29, 0.717) is 11.8 Å². The molecule has 0 radical (unpaired) electrons. The summed E-state index contributed by atoms with van der Waals surface area (Å²) < 4.78 is 7.67. The van der Waals surface area contributed by atoms with Gasteiger partial charge in [0.1, 0.15) is 11.8 Å². The Kier molecular flexibility index (Phi) is 3.49. The molecule has 18 heavy (non-hydrogen) atoms. The van der Waals surface area contributed by atoms with Crippen molar-refractivity contribution in [1.29, 1.82) is 5.26 Å². The van der Waals surface area contributed by atoms with Crippen LogP contribution in [0.5, 0.6) is 0 Å². The summed E-state index contributed by atoms with van der Waals surface area (Å²) in [5.74, 6) is 1.09. The first-order valence-corrected chi connectivity index (χ1v) is 6.64. The topological polar surface area (TPSA) is 38.0 Å². The summed E-state index contributed by atoms with van der Waals surface area (Å²) in [4.78, 5) is 0. The molecule has 0 bridgehead atoms. The fourth-order valence-electron chi connectivity index (χ4n) is 3.00. The first-order valence-electron chi connectivity index (χ1n) is 6.64. The Morgan fingerprint density at radius 2 is 2.17 bits per heavy atom. The second-order valence-electron chi connectivity index (χ2n) is 5.95. The average molecular weight is 246 g/mol. The van der Waals surface area contributed by atoms with Crippen molar-refractivity contribution < 1.29 is 4.74 Å². The minimum atomic E-state index is 0.0582. The molecule has 1 heterocycles. The van der Waals surface area contributed by atoms with Gasteiger partial charge in [-0.05, 0) is 43.7 Å². The van der Waals surface area contributed by atoms with Crippen molar-refractivity contribution in [1.82, 2.24) is 4.57 Å². The van der Waals surface area contributed by atoms with Crippen LogP contribution in [0.1, 0.15) is 50.9 Å². The molecule has 0 amide bonds. The molecular weight excluding hydrogens is 224 g/mol. The Labute approximate surface area is 109 Å². The Morgan fingerprint density at radius 3 is 2.67 bits per heavy atom. The van der Waals surface area contributed by atoms with Crippen LogP contribution in [0.15, 0.2) is 12.1 Å². The minimum absolute atomic E-state index is 0.0582. The second kappa shape index (κ2) is 4.78. The summed E-state index contributed by atoms with van der Waals surface area (Å²) in [5.41, 5.74) is 2.10. The third-order valence-corrected chi connectivity index (χ3v) is 4.10. The molecule has 0 aromatic carbocycles. The number of rotatable bonds is 4. The maximum absolute atomic E-state index is 9.17. The van der Waals surface area contributed by atoms with Crippen LogP contribution in [0, 0.1) is 17.2 Å². The summed E-state index contributed by atoms with van der Waals surface area (Å²) in [6.07, 6.45) is 2.17. The smallest absolute Gasteiger partial charge is 0.120 e. The summed E-state index contributed by atoms with van der Waals surface area (Å²) in [7, 11) is 1.78. The molecule has 1 aliphatic carbocycles. The molecule has 0 spiro atoms. The van der Waals surface area contributed by atoms with Crippen LogP contribution >= 0.6 is 0 Å². The zero-order valence-electron chi connectivity index (χ0n) is 11.7. The Bertz CT molecular complexity index is 461. The van der Waals surface area contributed by atoms with Gasteiger partial charge in [-0.15, -0.1) is 0 Å². The van der Waals surface area contributed by atoms with Gasteiger partial charge in [0.25, 0.3) is 0 Å². The summed E-state index contributed by atoms with van der Waals surface area (Å²) >= 11 is 0. The van der Waals surface area contributed by atoms with Gasteiger partial charge < -0.3 is 9.30 Å². The van der Waals surface area contributed by atoms with Crippen LogP contribution in [0.4, 0.5) is 0 Å². The van der Waals surface area contributed by atoms with Crippen molar-refractivity contribution in [2.45, 2.75) is 51.7 Å². The molecule has 1 aliphatic rings. The van der Waals surface area contributed by atoms with Crippen LogP contribution in [-0.4, -0.2) is 17.3 Å². The average Bonchev–Trinajstić information content (AvgIpc) is 2.69. The number of ether oxygens (including phenoxy) is 1. The molecule has 0 unspecified atom stereocenters. The Balaban J connectivity index is 2.10. The van der Waals surface area contributed by atoms with Gasteiger partial charge in [-0.2, -0.15) is 5.26 Å². The molecule has 2 rings (SSSR count). The van der Waals surface area contributed by atoms with Crippen LogP contribution in [0.3, 0.4) is 0 Å². The highest BCUT2D eigenvalue weighted by Gasteiger charge is 2.40. The molecular formula is C15H22N2O. The van der Waals surface area contributed by atoms with Crippen molar-refractivity contribution in [3.05, 3.63) is 23.5 Å². The summed E-state index contributed by atoms with van der Waals surface area (Å²) in [5, 5.41) is 9.17. The molecule has 3 nitrogen and oxygen atoms in total. The van der Waals surface area contributed by atoms with E-state index in [4.69, 9.17) is 4.74 Å². The molecule has 1 aromatic heterocycles. The number of hydrogen-bond acceptors (Lipinski definition) is 2. The fraction of sp³-hybridized carbons (Fsp3) is 0.667. The summed E-state index contributed by atoms with van der Waals surface area (Å²) in [6.45, 7) is 7.45. The first-order chi connectivity index (χ1) is 8.49. The van der Waals surface area contributed by atoms with Gasteiger partial charge in [0.05, 0.1) is 5.60 Å². The fourth-order valence-corrected chi connectivity index (χ4v) is 3.00. The lowest BCUT2D eigenvalue weighted by Crippen LogP contribution is -2.44. The van der Waals surface area contributed by atoms with Crippen LogP contribution < -0.4 is 0 Å². The van der Waals surface area contributed by atoms with Gasteiger partial charge in [-0.3, -0.25) is 0 Å². The predicted molar refractivity (Wildman–Crippen MR) is 71.4 cm³/mol. The van der Waals surface area contributed by atoms with Gasteiger partial charge in [-0.25, -0.2) is 0 Å². The number of methoxy groups -OCH3 is 1.